The first-order valence-electron chi connectivity index (χ1n) is 33.8. The molecule has 2 unspecified atom stereocenters. The summed E-state index contributed by atoms with van der Waals surface area (Å²) in [6, 6.07) is 0. The van der Waals surface area contributed by atoms with Crippen LogP contribution >= 0.6 is 15.6 Å². The molecule has 5 atom stereocenters. The number of esters is 4. The van der Waals surface area contributed by atoms with E-state index in [1.165, 1.54) is 122 Å². The Bertz CT molecular complexity index is 1660. The fourth-order valence-corrected chi connectivity index (χ4v) is 11.2. The Labute approximate surface area is 511 Å². The normalized spacial score (nSPS) is 14.3. The molecule has 0 radical (unpaired) electrons. The number of carbonyl (C=O) groups is 4. The first-order valence-corrected chi connectivity index (χ1v) is 36.8. The minimum atomic E-state index is -4.95. The number of phosphoric ester groups is 2. The molecule has 0 heterocycles. The van der Waals surface area contributed by atoms with Gasteiger partial charge in [-0.05, 0) is 43.4 Å². The predicted molar refractivity (Wildman–Crippen MR) is 335 cm³/mol. The van der Waals surface area contributed by atoms with Gasteiger partial charge in [-0.3, -0.25) is 37.3 Å². The lowest BCUT2D eigenvalue weighted by Gasteiger charge is -2.21. The number of unbranched alkanes of at least 4 members (excludes halogenated alkanes) is 31. The monoisotopic (exact) mass is 1240 g/mol. The van der Waals surface area contributed by atoms with Crippen molar-refractivity contribution >= 4 is 39.5 Å². The van der Waals surface area contributed by atoms with Crippen LogP contribution in [0, 0.1) is 17.8 Å². The predicted octanol–water partition coefficient (Wildman–Crippen LogP) is 17.9. The van der Waals surface area contributed by atoms with E-state index in [1.54, 1.807) is 0 Å². The Hall–Kier alpha value is -1.94. The zero-order chi connectivity index (χ0) is 62.4. The van der Waals surface area contributed by atoms with Gasteiger partial charge in [-0.15, -0.1) is 0 Å². The summed E-state index contributed by atoms with van der Waals surface area (Å²) in [5.74, 6) is 0.00350. The van der Waals surface area contributed by atoms with Gasteiger partial charge in [0.05, 0.1) is 26.4 Å². The molecule has 17 nitrogen and oxygen atoms in total. The number of carbonyl (C=O) groups excluding carboxylic acids is 4. The quantitative estimate of drug-likeness (QED) is 0.0222. The summed E-state index contributed by atoms with van der Waals surface area (Å²) >= 11 is 0. The summed E-state index contributed by atoms with van der Waals surface area (Å²) in [5.41, 5.74) is 0. The van der Waals surface area contributed by atoms with E-state index in [4.69, 9.17) is 37.0 Å². The molecule has 0 aliphatic carbocycles. The SMILES string of the molecule is CCCCCCCCCCCCCC(=O)OC[C@H](COP(=O)(O)OC[C@@H](O)COP(=O)(O)OC[C@@H](COC(=O)CCCCCCCCC(C)C)OC(=O)CCCCCCCCCC(C)C)OC(=O)CCCCCCCCCCCCCC(C)C. The maximum Gasteiger partial charge on any atom is 0.472 e. The first kappa shape index (κ1) is 82.1. The third-order valence-corrected chi connectivity index (χ3v) is 16.8. The number of hydrogen-bond acceptors (Lipinski definition) is 15. The summed E-state index contributed by atoms with van der Waals surface area (Å²) in [6.07, 6.45) is 37.7. The Balaban J connectivity index is 5.24. The molecule has 0 aliphatic heterocycles. The van der Waals surface area contributed by atoms with Crippen molar-refractivity contribution in [3.8, 4) is 0 Å². The van der Waals surface area contributed by atoms with Crippen LogP contribution in [0.4, 0.5) is 0 Å². The number of rotatable bonds is 63. The number of aliphatic hydroxyl groups excluding tert-OH is 1. The molecule has 0 aromatic heterocycles. The van der Waals surface area contributed by atoms with Crippen molar-refractivity contribution in [3.63, 3.8) is 0 Å². The van der Waals surface area contributed by atoms with Gasteiger partial charge in [-0.1, -0.05) is 267 Å². The summed E-state index contributed by atoms with van der Waals surface area (Å²) in [5, 5.41) is 10.5. The van der Waals surface area contributed by atoms with Crippen molar-refractivity contribution < 1.29 is 80.2 Å². The van der Waals surface area contributed by atoms with E-state index in [-0.39, 0.29) is 25.7 Å². The number of hydrogen-bond donors (Lipinski definition) is 3. The maximum atomic E-state index is 13.0. The zero-order valence-corrected chi connectivity index (χ0v) is 56.1. The van der Waals surface area contributed by atoms with E-state index in [0.717, 1.165) is 102 Å². The van der Waals surface area contributed by atoms with Crippen LogP contribution in [0.2, 0.25) is 0 Å². The Kier molecular flexibility index (Phi) is 55.0. The van der Waals surface area contributed by atoms with Crippen LogP contribution < -0.4 is 0 Å². The molecule has 0 saturated carbocycles. The highest BCUT2D eigenvalue weighted by Gasteiger charge is 2.30. The van der Waals surface area contributed by atoms with Gasteiger partial charge in [0.1, 0.15) is 19.3 Å². The van der Waals surface area contributed by atoms with Gasteiger partial charge in [0.25, 0.3) is 0 Å². The molecule has 0 bridgehead atoms. The van der Waals surface area contributed by atoms with Gasteiger partial charge in [0, 0.05) is 25.7 Å². The molecule has 0 fully saturated rings. The van der Waals surface area contributed by atoms with Crippen molar-refractivity contribution in [1.29, 1.82) is 0 Å². The van der Waals surface area contributed by atoms with Crippen LogP contribution in [0.15, 0.2) is 0 Å². The Morgan fingerprint density at radius 3 is 0.810 bits per heavy atom. The molecule has 498 valence electrons. The van der Waals surface area contributed by atoms with Crippen LogP contribution in [0.25, 0.3) is 0 Å². The largest absolute Gasteiger partial charge is 0.472 e. The summed E-state index contributed by atoms with van der Waals surface area (Å²) < 4.78 is 68.0. The molecule has 0 amide bonds. The van der Waals surface area contributed by atoms with Gasteiger partial charge in [0.15, 0.2) is 12.2 Å². The molecule has 0 spiro atoms. The highest BCUT2D eigenvalue weighted by Crippen LogP contribution is 2.45. The molecular weight excluding hydrogens is 1110 g/mol. The molecule has 84 heavy (non-hydrogen) atoms. The third-order valence-electron chi connectivity index (χ3n) is 14.9. The molecular formula is C65H126O17P2. The first-order chi connectivity index (χ1) is 40.2. The fourth-order valence-electron chi connectivity index (χ4n) is 9.66. The van der Waals surface area contributed by atoms with E-state index >= 15 is 0 Å². The lowest BCUT2D eigenvalue weighted by atomic mass is 10.0. The molecule has 0 rings (SSSR count). The van der Waals surface area contributed by atoms with Crippen LogP contribution in [0.3, 0.4) is 0 Å². The molecule has 3 N–H and O–H groups in total. The standard InChI is InChI=1S/C65H126O17P2/c1-8-9-10-11-12-13-15-19-24-32-39-46-62(67)75-52-60(81-64(69)48-41-34-25-20-17-14-16-18-22-29-36-43-56(2)3)54-79-83(71,72)77-50-59(66)51-78-84(73,74)80-55-61(53-76-63(68)47-40-33-28-27-31-38-45-58(6)7)82-65(70)49-42-35-26-21-23-30-37-44-57(4)5/h56-61,66H,8-55H2,1-7H3,(H,71,72)(H,73,74)/t59-,60-,61-/m1/s1. The molecule has 0 aromatic carbocycles. The Morgan fingerprint density at radius 2 is 0.548 bits per heavy atom. The van der Waals surface area contributed by atoms with Crippen molar-refractivity contribution in [1.82, 2.24) is 0 Å². The summed E-state index contributed by atoms with van der Waals surface area (Å²) in [7, 11) is -9.89. The van der Waals surface area contributed by atoms with Crippen molar-refractivity contribution in [2.24, 2.45) is 17.8 Å². The Morgan fingerprint density at radius 1 is 0.321 bits per heavy atom. The van der Waals surface area contributed by atoms with Crippen LogP contribution in [-0.4, -0.2) is 96.7 Å². The highest BCUT2D eigenvalue weighted by atomic mass is 31.2. The van der Waals surface area contributed by atoms with Gasteiger partial charge in [-0.2, -0.15) is 0 Å². The maximum absolute atomic E-state index is 13.0. The van der Waals surface area contributed by atoms with Crippen molar-refractivity contribution in [2.75, 3.05) is 39.6 Å². The third kappa shape index (κ3) is 59.0. The summed E-state index contributed by atoms with van der Waals surface area (Å²) in [6.45, 7) is 11.7. The number of ether oxygens (including phenoxy) is 4. The molecule has 0 aliphatic rings. The average molecular weight is 1240 g/mol. The summed E-state index contributed by atoms with van der Waals surface area (Å²) in [4.78, 5) is 72.2. The molecule has 0 saturated heterocycles. The second-order valence-corrected chi connectivity index (χ2v) is 27.8. The number of aliphatic hydroxyl groups is 1. The van der Waals surface area contributed by atoms with Gasteiger partial charge >= 0.3 is 39.5 Å². The lowest BCUT2D eigenvalue weighted by molar-refractivity contribution is -0.161. The van der Waals surface area contributed by atoms with E-state index < -0.39 is 97.5 Å². The van der Waals surface area contributed by atoms with Crippen LogP contribution in [0.1, 0.15) is 318 Å². The molecule has 19 heteroatoms. The van der Waals surface area contributed by atoms with Crippen LogP contribution in [0.5, 0.6) is 0 Å². The van der Waals surface area contributed by atoms with Gasteiger partial charge < -0.3 is 33.8 Å². The number of phosphoric acid groups is 2. The van der Waals surface area contributed by atoms with Gasteiger partial charge in [0.2, 0.25) is 0 Å². The van der Waals surface area contributed by atoms with Crippen molar-refractivity contribution in [2.45, 2.75) is 336 Å². The fraction of sp³-hybridized carbons (Fsp3) is 0.938. The lowest BCUT2D eigenvalue weighted by Crippen LogP contribution is -2.30. The molecule has 0 aromatic rings. The topological polar surface area (TPSA) is 237 Å². The average Bonchev–Trinajstić information content (AvgIpc) is 3.46. The smallest absolute Gasteiger partial charge is 0.462 e. The van der Waals surface area contributed by atoms with E-state index in [9.17, 15) is 43.2 Å². The minimum Gasteiger partial charge on any atom is -0.462 e. The van der Waals surface area contributed by atoms with E-state index in [2.05, 4.69) is 48.5 Å². The van der Waals surface area contributed by atoms with Crippen LogP contribution in [-0.2, 0) is 65.4 Å². The van der Waals surface area contributed by atoms with E-state index in [1.807, 2.05) is 0 Å². The minimum absolute atomic E-state index is 0.102. The van der Waals surface area contributed by atoms with Crippen molar-refractivity contribution in [3.05, 3.63) is 0 Å². The second kappa shape index (κ2) is 56.3. The van der Waals surface area contributed by atoms with Gasteiger partial charge in [-0.25, -0.2) is 9.13 Å². The zero-order valence-electron chi connectivity index (χ0n) is 54.4. The highest BCUT2D eigenvalue weighted by molar-refractivity contribution is 7.47. The van der Waals surface area contributed by atoms with E-state index in [0.29, 0.717) is 37.5 Å². The second-order valence-electron chi connectivity index (χ2n) is 24.9.